The van der Waals surface area contributed by atoms with Crippen LogP contribution >= 0.6 is 0 Å². The van der Waals surface area contributed by atoms with Crippen molar-refractivity contribution in [1.29, 1.82) is 0 Å². The molecule has 0 fully saturated rings. The van der Waals surface area contributed by atoms with Crippen molar-refractivity contribution in [3.63, 3.8) is 0 Å². The van der Waals surface area contributed by atoms with Gasteiger partial charge in [0.05, 0.1) is 30.9 Å². The van der Waals surface area contributed by atoms with Gasteiger partial charge in [0.25, 0.3) is 0 Å². The van der Waals surface area contributed by atoms with Crippen LogP contribution in [-0.2, 0) is 9.84 Å². The molecule has 1 aliphatic rings. The maximum atomic E-state index is 13.3. The molecule has 5 nitrogen and oxygen atoms in total. The second kappa shape index (κ2) is 7.52. The lowest BCUT2D eigenvalue weighted by molar-refractivity contribution is 0.312. The Morgan fingerprint density at radius 2 is 1.63 bits per heavy atom. The molecule has 2 aromatic carbocycles. The number of methoxy groups -OCH3 is 2. The van der Waals surface area contributed by atoms with Crippen molar-refractivity contribution < 1.29 is 17.9 Å². The van der Waals surface area contributed by atoms with E-state index in [1.807, 2.05) is 44.2 Å². The SMILES string of the molecule is CCC1(CC)CS(=O)(=O)c2cc(OC)c(OC)cc2[C@@H](c2ccccc2)N1. The van der Waals surface area contributed by atoms with Gasteiger partial charge in [-0.3, -0.25) is 5.32 Å². The maximum Gasteiger partial charge on any atom is 0.180 e. The van der Waals surface area contributed by atoms with Crippen LogP contribution in [0.1, 0.15) is 43.9 Å². The molecule has 146 valence electrons. The fourth-order valence-electron chi connectivity index (χ4n) is 3.80. The van der Waals surface area contributed by atoms with Crippen LogP contribution in [0.15, 0.2) is 47.4 Å². The van der Waals surface area contributed by atoms with E-state index in [4.69, 9.17) is 9.47 Å². The second-order valence-corrected chi connectivity index (χ2v) is 8.94. The molecule has 0 spiro atoms. The van der Waals surface area contributed by atoms with E-state index in [1.54, 1.807) is 19.2 Å². The smallest absolute Gasteiger partial charge is 0.180 e. The molecule has 1 N–H and O–H groups in total. The van der Waals surface area contributed by atoms with Gasteiger partial charge in [-0.1, -0.05) is 44.2 Å². The van der Waals surface area contributed by atoms with E-state index in [2.05, 4.69) is 5.32 Å². The Labute approximate surface area is 161 Å². The minimum Gasteiger partial charge on any atom is -0.493 e. The highest BCUT2D eigenvalue weighted by molar-refractivity contribution is 7.91. The maximum absolute atomic E-state index is 13.3. The van der Waals surface area contributed by atoms with E-state index in [9.17, 15) is 8.42 Å². The molecule has 0 saturated heterocycles. The van der Waals surface area contributed by atoms with Crippen LogP contribution < -0.4 is 14.8 Å². The first-order valence-corrected chi connectivity index (χ1v) is 10.9. The molecule has 1 atom stereocenters. The topological polar surface area (TPSA) is 64.6 Å². The van der Waals surface area contributed by atoms with Gasteiger partial charge in [0, 0.05) is 11.6 Å². The summed E-state index contributed by atoms with van der Waals surface area (Å²) in [7, 11) is -0.432. The first-order valence-electron chi connectivity index (χ1n) is 9.21. The summed E-state index contributed by atoms with van der Waals surface area (Å²) in [5.41, 5.74) is 1.22. The van der Waals surface area contributed by atoms with Gasteiger partial charge in [-0.15, -0.1) is 0 Å². The minimum absolute atomic E-state index is 0.0544. The third-order valence-electron chi connectivity index (χ3n) is 5.57. The Hall–Kier alpha value is -2.05. The molecule has 2 aromatic rings. The van der Waals surface area contributed by atoms with Gasteiger partial charge in [-0.25, -0.2) is 8.42 Å². The zero-order valence-electron chi connectivity index (χ0n) is 16.3. The Kier molecular flexibility index (Phi) is 5.49. The number of nitrogens with one attached hydrogen (secondary N) is 1. The molecule has 27 heavy (non-hydrogen) atoms. The van der Waals surface area contributed by atoms with E-state index in [1.165, 1.54) is 7.11 Å². The lowest BCUT2D eigenvalue weighted by Crippen LogP contribution is -2.49. The van der Waals surface area contributed by atoms with Crippen LogP contribution in [0.25, 0.3) is 0 Å². The number of hydrogen-bond donors (Lipinski definition) is 1. The molecular weight excluding hydrogens is 362 g/mol. The highest BCUT2D eigenvalue weighted by Crippen LogP contribution is 2.42. The largest absolute Gasteiger partial charge is 0.493 e. The first-order chi connectivity index (χ1) is 12.9. The molecule has 0 radical (unpaired) electrons. The molecule has 0 aliphatic carbocycles. The molecule has 3 rings (SSSR count). The van der Waals surface area contributed by atoms with Crippen molar-refractivity contribution in [2.24, 2.45) is 0 Å². The van der Waals surface area contributed by atoms with E-state index in [0.717, 1.165) is 5.56 Å². The van der Waals surface area contributed by atoms with E-state index in [0.29, 0.717) is 34.8 Å². The van der Waals surface area contributed by atoms with Gasteiger partial charge >= 0.3 is 0 Å². The van der Waals surface area contributed by atoms with Crippen molar-refractivity contribution in [3.8, 4) is 11.5 Å². The Morgan fingerprint density at radius 1 is 1.04 bits per heavy atom. The lowest BCUT2D eigenvalue weighted by Gasteiger charge is -2.34. The predicted molar refractivity (Wildman–Crippen MR) is 106 cm³/mol. The summed E-state index contributed by atoms with van der Waals surface area (Å²) in [5.74, 6) is 1.00. The summed E-state index contributed by atoms with van der Waals surface area (Å²) in [5, 5.41) is 3.67. The number of hydrogen-bond acceptors (Lipinski definition) is 5. The van der Waals surface area contributed by atoms with E-state index < -0.39 is 15.4 Å². The average Bonchev–Trinajstić information content (AvgIpc) is 2.80. The highest BCUT2D eigenvalue weighted by Gasteiger charge is 2.41. The van der Waals surface area contributed by atoms with Crippen LogP contribution in [0, 0.1) is 0 Å². The van der Waals surface area contributed by atoms with Crippen LogP contribution in [0.5, 0.6) is 11.5 Å². The average molecular weight is 390 g/mol. The Morgan fingerprint density at radius 3 is 2.19 bits per heavy atom. The van der Waals surface area contributed by atoms with E-state index >= 15 is 0 Å². The molecular formula is C21H27NO4S. The molecule has 0 aromatic heterocycles. The van der Waals surface area contributed by atoms with Crippen molar-refractivity contribution in [2.45, 2.75) is 43.2 Å². The number of rotatable bonds is 5. The zero-order valence-corrected chi connectivity index (χ0v) is 17.1. The van der Waals surface area contributed by atoms with Gasteiger partial charge < -0.3 is 9.47 Å². The van der Waals surface area contributed by atoms with Crippen LogP contribution in [-0.4, -0.2) is 33.9 Å². The highest BCUT2D eigenvalue weighted by atomic mass is 32.2. The summed E-state index contributed by atoms with van der Waals surface area (Å²) in [6.45, 7) is 4.07. The molecule has 0 saturated carbocycles. The number of benzene rings is 2. The monoisotopic (exact) mass is 389 g/mol. The summed E-state index contributed by atoms with van der Waals surface area (Å²) < 4.78 is 37.5. The standard InChI is InChI=1S/C21H27NO4S/c1-5-21(6-2)14-27(23,24)19-13-18(26-4)17(25-3)12-16(19)20(22-21)15-10-8-7-9-11-15/h7-13,20,22H,5-6,14H2,1-4H3/t20-/m1/s1. The fraction of sp³-hybridized carbons (Fsp3) is 0.429. The summed E-state index contributed by atoms with van der Waals surface area (Å²) in [4.78, 5) is 0.310. The first kappa shape index (κ1) is 19.7. The van der Waals surface area contributed by atoms with Gasteiger partial charge in [-0.2, -0.15) is 0 Å². The zero-order chi connectivity index (χ0) is 19.7. The fourth-order valence-corrected chi connectivity index (χ4v) is 6.00. The molecule has 1 heterocycles. The van der Waals surface area contributed by atoms with Crippen molar-refractivity contribution in [2.75, 3.05) is 20.0 Å². The Balaban J connectivity index is 2.32. The van der Waals surface area contributed by atoms with Crippen LogP contribution in [0.4, 0.5) is 0 Å². The lowest BCUT2D eigenvalue weighted by atomic mass is 9.90. The van der Waals surface area contributed by atoms with Gasteiger partial charge in [0.1, 0.15) is 0 Å². The predicted octanol–water partition coefficient (Wildman–Crippen LogP) is 3.73. The van der Waals surface area contributed by atoms with Crippen molar-refractivity contribution in [1.82, 2.24) is 5.32 Å². The number of sulfone groups is 1. The third kappa shape index (κ3) is 3.56. The molecule has 0 bridgehead atoms. The van der Waals surface area contributed by atoms with Crippen LogP contribution in [0.3, 0.4) is 0 Å². The minimum atomic E-state index is -3.51. The Bertz CT molecular complexity index is 905. The van der Waals surface area contributed by atoms with Crippen molar-refractivity contribution in [3.05, 3.63) is 53.6 Å². The van der Waals surface area contributed by atoms with Gasteiger partial charge in [-0.05, 0) is 30.0 Å². The third-order valence-corrected chi connectivity index (χ3v) is 7.52. The van der Waals surface area contributed by atoms with Crippen molar-refractivity contribution >= 4 is 9.84 Å². The normalized spacial score (nSPS) is 20.4. The number of fused-ring (bicyclic) bond motifs is 1. The summed E-state index contributed by atoms with van der Waals surface area (Å²) in [6, 6.07) is 13.1. The molecule has 6 heteroatoms. The summed E-state index contributed by atoms with van der Waals surface area (Å²) >= 11 is 0. The van der Waals surface area contributed by atoms with Gasteiger partial charge in [0.2, 0.25) is 0 Å². The summed E-state index contributed by atoms with van der Waals surface area (Å²) in [6.07, 6.45) is 1.43. The van der Waals surface area contributed by atoms with Gasteiger partial charge in [0.15, 0.2) is 21.3 Å². The van der Waals surface area contributed by atoms with Crippen LogP contribution in [0.2, 0.25) is 0 Å². The second-order valence-electron chi connectivity index (χ2n) is 6.98. The van der Waals surface area contributed by atoms with E-state index in [-0.39, 0.29) is 11.8 Å². The molecule has 0 unspecified atom stereocenters. The quantitative estimate of drug-likeness (QED) is 0.844. The number of ether oxygens (including phenoxy) is 2. The molecule has 0 amide bonds. The molecule has 1 aliphatic heterocycles.